The first kappa shape index (κ1) is 21.5. The molecule has 0 aromatic heterocycles. The van der Waals surface area contributed by atoms with Crippen LogP contribution in [-0.2, 0) is 4.79 Å². The van der Waals surface area contributed by atoms with Crippen molar-refractivity contribution in [3.8, 4) is 0 Å². The standard InChI is InChI=1S/C23H28N4O3/c24-21(25)17-9-11-19(12-10-17)26-20(28)15-27(16-23(30)13-5-2-6-14-23)22(29)18-7-3-1-4-8-18/h1,3-4,7-12,30H,2,5-6,13-16H2,(H3,24,25)(H,26,28). The third kappa shape index (κ3) is 5.67. The fourth-order valence-corrected chi connectivity index (χ4v) is 3.79. The number of rotatable bonds is 7. The highest BCUT2D eigenvalue weighted by molar-refractivity contribution is 6.00. The summed E-state index contributed by atoms with van der Waals surface area (Å²) >= 11 is 0. The lowest BCUT2D eigenvalue weighted by atomic mass is 9.84. The fourth-order valence-electron chi connectivity index (χ4n) is 3.79. The summed E-state index contributed by atoms with van der Waals surface area (Å²) in [6.07, 6.45) is 4.15. The molecule has 1 saturated carbocycles. The zero-order chi connectivity index (χ0) is 21.6. The van der Waals surface area contributed by atoms with Crippen LogP contribution in [0.4, 0.5) is 5.69 Å². The van der Waals surface area contributed by atoms with Gasteiger partial charge in [-0.3, -0.25) is 15.0 Å². The lowest BCUT2D eigenvalue weighted by Crippen LogP contribution is -2.49. The number of nitrogens with zero attached hydrogens (tertiary/aromatic N) is 1. The summed E-state index contributed by atoms with van der Waals surface area (Å²) in [5.41, 5.74) is 6.08. The maximum Gasteiger partial charge on any atom is 0.254 e. The summed E-state index contributed by atoms with van der Waals surface area (Å²) in [6.45, 7) is -0.0398. The van der Waals surface area contributed by atoms with Crippen molar-refractivity contribution in [1.29, 1.82) is 5.41 Å². The molecule has 0 radical (unpaired) electrons. The number of nitrogens with one attached hydrogen (secondary N) is 2. The minimum absolute atomic E-state index is 0.0479. The second-order valence-corrected chi connectivity index (χ2v) is 7.85. The monoisotopic (exact) mass is 408 g/mol. The van der Waals surface area contributed by atoms with Crippen LogP contribution < -0.4 is 11.1 Å². The molecule has 2 aromatic rings. The Balaban J connectivity index is 1.73. The molecule has 0 bridgehead atoms. The van der Waals surface area contributed by atoms with Crippen molar-refractivity contribution in [3.05, 3.63) is 65.7 Å². The number of aliphatic hydroxyl groups is 1. The number of nitrogens with two attached hydrogens (primary N) is 1. The van der Waals surface area contributed by atoms with Crippen LogP contribution in [0.15, 0.2) is 54.6 Å². The summed E-state index contributed by atoms with van der Waals surface area (Å²) < 4.78 is 0. The van der Waals surface area contributed by atoms with Crippen molar-refractivity contribution in [2.24, 2.45) is 5.73 Å². The Bertz CT molecular complexity index is 890. The van der Waals surface area contributed by atoms with Crippen molar-refractivity contribution in [3.63, 3.8) is 0 Å². The van der Waals surface area contributed by atoms with Crippen LogP contribution >= 0.6 is 0 Å². The van der Waals surface area contributed by atoms with Crippen molar-refractivity contribution in [2.75, 3.05) is 18.4 Å². The van der Waals surface area contributed by atoms with Gasteiger partial charge in [0.25, 0.3) is 5.91 Å². The van der Waals surface area contributed by atoms with Gasteiger partial charge in [-0.2, -0.15) is 0 Å². The van der Waals surface area contributed by atoms with Gasteiger partial charge in [0.05, 0.1) is 12.1 Å². The van der Waals surface area contributed by atoms with E-state index in [2.05, 4.69) is 5.32 Å². The second-order valence-electron chi connectivity index (χ2n) is 7.85. The molecule has 1 aliphatic rings. The zero-order valence-electron chi connectivity index (χ0n) is 16.9. The molecule has 7 nitrogen and oxygen atoms in total. The van der Waals surface area contributed by atoms with E-state index >= 15 is 0 Å². The van der Waals surface area contributed by atoms with Gasteiger partial charge in [0.15, 0.2) is 0 Å². The predicted octanol–water partition coefficient (Wildman–Crippen LogP) is 2.75. The lowest BCUT2D eigenvalue weighted by molar-refractivity contribution is -0.117. The lowest BCUT2D eigenvalue weighted by Gasteiger charge is -2.36. The Morgan fingerprint density at radius 2 is 1.63 bits per heavy atom. The molecule has 1 aliphatic carbocycles. The van der Waals surface area contributed by atoms with E-state index in [0.29, 0.717) is 29.7 Å². The third-order valence-electron chi connectivity index (χ3n) is 5.39. The highest BCUT2D eigenvalue weighted by Gasteiger charge is 2.34. The van der Waals surface area contributed by atoms with E-state index in [1.54, 1.807) is 48.5 Å². The van der Waals surface area contributed by atoms with Gasteiger partial charge in [-0.1, -0.05) is 37.5 Å². The number of carbonyl (C=O) groups excluding carboxylic acids is 2. The van der Waals surface area contributed by atoms with Crippen LogP contribution in [0.25, 0.3) is 0 Å². The molecule has 0 aliphatic heterocycles. The third-order valence-corrected chi connectivity index (χ3v) is 5.39. The Labute approximate surface area is 176 Å². The van der Waals surface area contributed by atoms with E-state index in [1.807, 2.05) is 6.07 Å². The molecule has 2 amide bonds. The van der Waals surface area contributed by atoms with Crippen molar-refractivity contribution < 1.29 is 14.7 Å². The number of nitrogen functional groups attached to an aromatic ring is 1. The first-order valence-corrected chi connectivity index (χ1v) is 10.2. The number of hydrogen-bond acceptors (Lipinski definition) is 4. The second kappa shape index (κ2) is 9.54. The quantitative estimate of drug-likeness (QED) is 0.416. The van der Waals surface area contributed by atoms with Gasteiger partial charge in [0.1, 0.15) is 12.4 Å². The van der Waals surface area contributed by atoms with Crippen LogP contribution in [0.5, 0.6) is 0 Å². The van der Waals surface area contributed by atoms with E-state index in [9.17, 15) is 14.7 Å². The molecular weight excluding hydrogens is 380 g/mol. The Morgan fingerprint density at radius 3 is 2.23 bits per heavy atom. The van der Waals surface area contributed by atoms with Gasteiger partial charge < -0.3 is 21.1 Å². The van der Waals surface area contributed by atoms with E-state index in [1.165, 1.54) is 4.90 Å². The molecular formula is C23H28N4O3. The molecule has 2 aromatic carbocycles. The van der Waals surface area contributed by atoms with Crippen LogP contribution in [-0.4, -0.2) is 46.3 Å². The number of amides is 2. The van der Waals surface area contributed by atoms with Gasteiger partial charge in [0.2, 0.25) is 5.91 Å². The van der Waals surface area contributed by atoms with Crippen molar-refractivity contribution >= 4 is 23.3 Å². The minimum atomic E-state index is -0.966. The number of carbonyl (C=O) groups is 2. The molecule has 0 unspecified atom stereocenters. The van der Waals surface area contributed by atoms with E-state index in [-0.39, 0.29) is 30.7 Å². The summed E-state index contributed by atoms with van der Waals surface area (Å²) in [5.74, 6) is -0.681. The normalized spacial score (nSPS) is 15.2. The number of anilines is 1. The molecule has 1 fully saturated rings. The molecule has 0 atom stereocenters. The van der Waals surface area contributed by atoms with Crippen LogP contribution in [0, 0.1) is 5.41 Å². The Kier molecular flexibility index (Phi) is 6.84. The first-order chi connectivity index (χ1) is 14.4. The molecule has 3 rings (SSSR count). The van der Waals surface area contributed by atoms with Gasteiger partial charge >= 0.3 is 0 Å². The molecule has 0 heterocycles. The van der Waals surface area contributed by atoms with Gasteiger partial charge in [-0.15, -0.1) is 0 Å². The average molecular weight is 409 g/mol. The topological polar surface area (TPSA) is 120 Å². The number of benzene rings is 2. The molecule has 0 saturated heterocycles. The predicted molar refractivity (Wildman–Crippen MR) is 116 cm³/mol. The van der Waals surface area contributed by atoms with E-state index in [0.717, 1.165) is 19.3 Å². The minimum Gasteiger partial charge on any atom is -0.388 e. The summed E-state index contributed by atoms with van der Waals surface area (Å²) in [6, 6.07) is 15.4. The smallest absolute Gasteiger partial charge is 0.254 e. The highest BCUT2D eigenvalue weighted by Crippen LogP contribution is 2.29. The molecule has 0 spiro atoms. The van der Waals surface area contributed by atoms with Crippen LogP contribution in [0.3, 0.4) is 0 Å². The summed E-state index contributed by atoms with van der Waals surface area (Å²) in [5, 5.41) is 21.2. The Hall–Kier alpha value is -3.19. The molecule has 5 N–H and O–H groups in total. The van der Waals surface area contributed by atoms with E-state index < -0.39 is 5.60 Å². The first-order valence-electron chi connectivity index (χ1n) is 10.2. The maximum atomic E-state index is 13.1. The Morgan fingerprint density at radius 1 is 1.00 bits per heavy atom. The van der Waals surface area contributed by atoms with Gasteiger partial charge in [-0.25, -0.2) is 0 Å². The van der Waals surface area contributed by atoms with Crippen molar-refractivity contribution in [1.82, 2.24) is 4.90 Å². The summed E-state index contributed by atoms with van der Waals surface area (Å²) in [7, 11) is 0. The SMILES string of the molecule is N=C(N)c1ccc(NC(=O)CN(CC2(O)CCCCC2)C(=O)c2ccccc2)cc1. The van der Waals surface area contributed by atoms with Crippen LogP contribution in [0.2, 0.25) is 0 Å². The van der Waals surface area contributed by atoms with Gasteiger partial charge in [0, 0.05) is 16.8 Å². The van der Waals surface area contributed by atoms with Crippen LogP contribution in [0.1, 0.15) is 48.0 Å². The largest absolute Gasteiger partial charge is 0.388 e. The number of hydrogen-bond donors (Lipinski definition) is 4. The fraction of sp³-hybridized carbons (Fsp3) is 0.348. The van der Waals surface area contributed by atoms with Gasteiger partial charge in [-0.05, 0) is 49.2 Å². The van der Waals surface area contributed by atoms with E-state index in [4.69, 9.17) is 11.1 Å². The molecule has 30 heavy (non-hydrogen) atoms. The van der Waals surface area contributed by atoms with Crippen molar-refractivity contribution in [2.45, 2.75) is 37.7 Å². The number of amidine groups is 1. The summed E-state index contributed by atoms with van der Waals surface area (Å²) in [4.78, 5) is 27.2. The maximum absolute atomic E-state index is 13.1. The average Bonchev–Trinajstić information content (AvgIpc) is 2.74. The highest BCUT2D eigenvalue weighted by atomic mass is 16.3. The molecule has 158 valence electrons. The molecule has 7 heteroatoms. The zero-order valence-corrected chi connectivity index (χ0v) is 16.9.